The summed E-state index contributed by atoms with van der Waals surface area (Å²) in [6.07, 6.45) is 9.36. The van der Waals surface area contributed by atoms with Crippen LogP contribution in [-0.4, -0.2) is 33.0 Å². The molecule has 1 saturated heterocycles. The van der Waals surface area contributed by atoms with Crippen LogP contribution in [0.15, 0.2) is 48.4 Å². The molecule has 0 bridgehead atoms. The maximum atomic E-state index is 4.76. The highest BCUT2D eigenvalue weighted by atomic mass is 32.1. The monoisotopic (exact) mass is 338 g/mol. The van der Waals surface area contributed by atoms with Gasteiger partial charge >= 0.3 is 0 Å². The van der Waals surface area contributed by atoms with Crippen LogP contribution in [0.1, 0.15) is 24.5 Å². The number of pyridine rings is 1. The van der Waals surface area contributed by atoms with E-state index in [2.05, 4.69) is 30.5 Å². The molecule has 1 N–H and O–H groups in total. The van der Waals surface area contributed by atoms with Gasteiger partial charge < -0.3 is 10.2 Å². The van der Waals surface area contributed by atoms with E-state index < -0.39 is 0 Å². The first kappa shape index (κ1) is 15.0. The molecular formula is C17H18N6S. The van der Waals surface area contributed by atoms with Gasteiger partial charge in [0.15, 0.2) is 5.13 Å². The lowest BCUT2D eigenvalue weighted by molar-refractivity contribution is 0.500. The number of thiazole rings is 1. The SMILES string of the molecule is c1ccc(Nc2nc([C@@H]3CCCN(c4cnccn4)C3)cs2)nc1. The van der Waals surface area contributed by atoms with Gasteiger partial charge in [-0.05, 0) is 25.0 Å². The number of anilines is 3. The predicted molar refractivity (Wildman–Crippen MR) is 95.9 cm³/mol. The maximum absolute atomic E-state index is 4.76. The van der Waals surface area contributed by atoms with Crippen molar-refractivity contribution in [2.45, 2.75) is 18.8 Å². The van der Waals surface area contributed by atoms with Gasteiger partial charge in [-0.1, -0.05) is 6.07 Å². The molecule has 0 aromatic carbocycles. The minimum Gasteiger partial charge on any atom is -0.355 e. The van der Waals surface area contributed by atoms with Gasteiger partial charge in [0.25, 0.3) is 0 Å². The first-order valence-corrected chi connectivity index (χ1v) is 8.91. The lowest BCUT2D eigenvalue weighted by Crippen LogP contribution is -2.35. The Kier molecular flexibility index (Phi) is 4.33. The average molecular weight is 338 g/mol. The van der Waals surface area contributed by atoms with Crippen LogP contribution in [-0.2, 0) is 0 Å². The minimum absolute atomic E-state index is 0.427. The normalized spacial score (nSPS) is 17.7. The molecule has 6 nitrogen and oxygen atoms in total. The zero-order valence-corrected chi connectivity index (χ0v) is 14.0. The first-order valence-electron chi connectivity index (χ1n) is 8.03. The van der Waals surface area contributed by atoms with Crippen LogP contribution in [0.4, 0.5) is 16.8 Å². The third kappa shape index (κ3) is 3.35. The molecule has 3 aromatic rings. The summed E-state index contributed by atoms with van der Waals surface area (Å²) < 4.78 is 0. The van der Waals surface area contributed by atoms with Crippen LogP contribution in [0, 0.1) is 0 Å². The number of piperidine rings is 1. The molecule has 0 spiro atoms. The fourth-order valence-electron chi connectivity index (χ4n) is 2.96. The van der Waals surface area contributed by atoms with E-state index in [9.17, 15) is 0 Å². The van der Waals surface area contributed by atoms with Crippen molar-refractivity contribution in [1.82, 2.24) is 19.9 Å². The number of hydrogen-bond donors (Lipinski definition) is 1. The van der Waals surface area contributed by atoms with Crippen molar-refractivity contribution < 1.29 is 0 Å². The highest BCUT2D eigenvalue weighted by Gasteiger charge is 2.24. The smallest absolute Gasteiger partial charge is 0.188 e. The summed E-state index contributed by atoms with van der Waals surface area (Å²) in [5.74, 6) is 2.20. The van der Waals surface area contributed by atoms with Crippen molar-refractivity contribution in [3.8, 4) is 0 Å². The fraction of sp³-hybridized carbons (Fsp3) is 0.294. The van der Waals surface area contributed by atoms with Gasteiger partial charge in [-0.15, -0.1) is 11.3 Å². The minimum atomic E-state index is 0.427. The van der Waals surface area contributed by atoms with Crippen molar-refractivity contribution in [3.05, 3.63) is 54.1 Å². The van der Waals surface area contributed by atoms with Crippen molar-refractivity contribution in [1.29, 1.82) is 0 Å². The molecule has 1 aliphatic rings. The van der Waals surface area contributed by atoms with Gasteiger partial charge in [-0.25, -0.2) is 15.0 Å². The Balaban J connectivity index is 1.46. The molecule has 0 aliphatic carbocycles. The zero-order chi connectivity index (χ0) is 16.2. The quantitative estimate of drug-likeness (QED) is 0.786. The second-order valence-corrected chi connectivity index (χ2v) is 6.62. The van der Waals surface area contributed by atoms with Crippen molar-refractivity contribution in [2.75, 3.05) is 23.3 Å². The highest BCUT2D eigenvalue weighted by Crippen LogP contribution is 2.31. The fourth-order valence-corrected chi connectivity index (χ4v) is 3.76. The molecule has 7 heteroatoms. The second-order valence-electron chi connectivity index (χ2n) is 5.77. The summed E-state index contributed by atoms with van der Waals surface area (Å²) in [4.78, 5) is 19.9. The van der Waals surface area contributed by atoms with E-state index in [4.69, 9.17) is 4.98 Å². The predicted octanol–water partition coefficient (Wildman–Crippen LogP) is 3.46. The van der Waals surface area contributed by atoms with Gasteiger partial charge in [-0.2, -0.15) is 0 Å². The molecule has 1 fully saturated rings. The van der Waals surface area contributed by atoms with E-state index >= 15 is 0 Å². The average Bonchev–Trinajstić information content (AvgIpc) is 3.12. The second kappa shape index (κ2) is 6.92. The standard InChI is InChI=1S/C17H18N6S/c1-2-6-19-15(5-1)22-17-21-14(12-24-17)13-4-3-9-23(11-13)16-10-18-7-8-20-16/h1-2,5-8,10,12-13H,3-4,9,11H2,(H,19,21,22)/t13-/m1/s1. The summed E-state index contributed by atoms with van der Waals surface area (Å²) >= 11 is 1.63. The lowest BCUT2D eigenvalue weighted by atomic mass is 9.95. The molecule has 3 aromatic heterocycles. The first-order chi connectivity index (χ1) is 11.9. The van der Waals surface area contributed by atoms with Crippen LogP contribution in [0.5, 0.6) is 0 Å². The Morgan fingerprint density at radius 2 is 2.17 bits per heavy atom. The third-order valence-corrected chi connectivity index (χ3v) is 4.91. The summed E-state index contributed by atoms with van der Waals surface area (Å²) in [7, 11) is 0. The van der Waals surface area contributed by atoms with Gasteiger partial charge in [0.1, 0.15) is 11.6 Å². The van der Waals surface area contributed by atoms with Crippen LogP contribution in [0.3, 0.4) is 0 Å². The Hall–Kier alpha value is -2.54. The molecule has 24 heavy (non-hydrogen) atoms. The van der Waals surface area contributed by atoms with Crippen molar-refractivity contribution in [3.63, 3.8) is 0 Å². The van der Waals surface area contributed by atoms with Crippen LogP contribution >= 0.6 is 11.3 Å². The number of hydrogen-bond acceptors (Lipinski definition) is 7. The van der Waals surface area contributed by atoms with E-state index in [0.717, 1.165) is 48.4 Å². The highest BCUT2D eigenvalue weighted by molar-refractivity contribution is 7.13. The number of nitrogens with one attached hydrogen (secondary N) is 1. The van der Waals surface area contributed by atoms with Crippen LogP contribution in [0.2, 0.25) is 0 Å². The third-order valence-electron chi connectivity index (χ3n) is 4.14. The molecule has 0 amide bonds. The Bertz CT molecular complexity index is 776. The zero-order valence-electron chi connectivity index (χ0n) is 13.2. The maximum Gasteiger partial charge on any atom is 0.188 e. The van der Waals surface area contributed by atoms with E-state index in [-0.39, 0.29) is 0 Å². The summed E-state index contributed by atoms with van der Waals surface area (Å²) in [5, 5.41) is 6.30. The summed E-state index contributed by atoms with van der Waals surface area (Å²) in [5.41, 5.74) is 1.15. The molecule has 0 unspecified atom stereocenters. The van der Waals surface area contributed by atoms with E-state index in [1.54, 1.807) is 29.9 Å². The molecule has 1 atom stereocenters. The van der Waals surface area contributed by atoms with E-state index in [0.29, 0.717) is 5.92 Å². The molecule has 4 rings (SSSR count). The topological polar surface area (TPSA) is 66.8 Å². The molecule has 0 radical (unpaired) electrons. The largest absolute Gasteiger partial charge is 0.355 e. The lowest BCUT2D eigenvalue weighted by Gasteiger charge is -2.32. The van der Waals surface area contributed by atoms with Gasteiger partial charge in [0.2, 0.25) is 0 Å². The van der Waals surface area contributed by atoms with Gasteiger partial charge in [-0.3, -0.25) is 4.98 Å². The summed E-state index contributed by atoms with van der Waals surface area (Å²) in [6.45, 7) is 1.96. The molecule has 122 valence electrons. The Morgan fingerprint density at radius 3 is 3.00 bits per heavy atom. The molecule has 0 saturated carbocycles. The van der Waals surface area contributed by atoms with E-state index in [1.165, 1.54) is 0 Å². The Morgan fingerprint density at radius 1 is 1.17 bits per heavy atom. The van der Waals surface area contributed by atoms with E-state index in [1.807, 2.05) is 24.4 Å². The van der Waals surface area contributed by atoms with Crippen LogP contribution in [0.25, 0.3) is 0 Å². The number of nitrogens with zero attached hydrogens (tertiary/aromatic N) is 5. The van der Waals surface area contributed by atoms with Crippen molar-refractivity contribution >= 4 is 28.1 Å². The number of rotatable bonds is 4. The molecule has 4 heterocycles. The number of aromatic nitrogens is 4. The molecular weight excluding hydrogens is 320 g/mol. The van der Waals surface area contributed by atoms with Crippen LogP contribution < -0.4 is 10.2 Å². The summed E-state index contributed by atoms with van der Waals surface area (Å²) in [6, 6.07) is 5.81. The Labute approximate surface area is 144 Å². The van der Waals surface area contributed by atoms with Crippen molar-refractivity contribution in [2.24, 2.45) is 0 Å². The van der Waals surface area contributed by atoms with Gasteiger partial charge in [0.05, 0.1) is 11.9 Å². The van der Waals surface area contributed by atoms with Gasteiger partial charge in [0, 0.05) is 43.0 Å². The molecule has 1 aliphatic heterocycles.